The third-order valence-corrected chi connectivity index (χ3v) is 3.01. The second-order valence-electron chi connectivity index (χ2n) is 3.89. The summed E-state index contributed by atoms with van der Waals surface area (Å²) in [5.74, 6) is 0.717. The maximum Gasteiger partial charge on any atom is 0.153 e. The molecule has 0 aromatic heterocycles. The lowest BCUT2D eigenvalue weighted by Crippen LogP contribution is -2.42. The van der Waals surface area contributed by atoms with Gasteiger partial charge in [-0.05, 0) is 44.5 Å². The van der Waals surface area contributed by atoms with E-state index in [4.69, 9.17) is 34.3 Å². The quantitative estimate of drug-likeness (QED) is 0.829. The average Bonchev–Trinajstić information content (AvgIpc) is 2.10. The van der Waals surface area contributed by atoms with Crippen molar-refractivity contribution in [3.63, 3.8) is 0 Å². The van der Waals surface area contributed by atoms with Gasteiger partial charge >= 0.3 is 0 Å². The lowest BCUT2D eigenvalue weighted by Gasteiger charge is -2.25. The van der Waals surface area contributed by atoms with E-state index in [-0.39, 0.29) is 0 Å². The van der Waals surface area contributed by atoms with E-state index >= 15 is 0 Å². The van der Waals surface area contributed by atoms with E-state index in [1.807, 2.05) is 26.8 Å². The molecular formula is C11H14ClNOS. The Balaban J connectivity index is 2.91. The second-order valence-corrected chi connectivity index (χ2v) is 4.73. The van der Waals surface area contributed by atoms with Crippen LogP contribution in [-0.2, 0) is 0 Å². The van der Waals surface area contributed by atoms with Crippen molar-refractivity contribution in [3.05, 3.63) is 28.8 Å². The van der Waals surface area contributed by atoms with E-state index < -0.39 is 5.60 Å². The van der Waals surface area contributed by atoms with Crippen molar-refractivity contribution in [1.29, 1.82) is 0 Å². The van der Waals surface area contributed by atoms with Crippen LogP contribution in [0.5, 0.6) is 5.75 Å². The lowest BCUT2D eigenvalue weighted by molar-refractivity contribution is 0.184. The van der Waals surface area contributed by atoms with Gasteiger partial charge in [0.15, 0.2) is 5.60 Å². The summed E-state index contributed by atoms with van der Waals surface area (Å²) >= 11 is 10.8. The van der Waals surface area contributed by atoms with Crippen LogP contribution in [-0.4, -0.2) is 10.6 Å². The highest BCUT2D eigenvalue weighted by atomic mass is 35.5. The summed E-state index contributed by atoms with van der Waals surface area (Å²) in [7, 11) is 0. The maximum atomic E-state index is 5.91. The standard InChI is InChI=1S/C11H14ClNOS/c1-7-6-8(4-5-9(7)12)14-11(2,3)10(13)15/h4-6H,1-3H3,(H2,13,15). The second kappa shape index (κ2) is 4.37. The molecule has 0 saturated carbocycles. The number of hydrogen-bond acceptors (Lipinski definition) is 2. The van der Waals surface area contributed by atoms with Crippen molar-refractivity contribution in [2.45, 2.75) is 26.4 Å². The minimum absolute atomic E-state index is 0.329. The summed E-state index contributed by atoms with van der Waals surface area (Å²) in [5.41, 5.74) is 5.89. The zero-order valence-corrected chi connectivity index (χ0v) is 10.6. The highest BCUT2D eigenvalue weighted by Crippen LogP contribution is 2.24. The minimum atomic E-state index is -0.643. The molecule has 82 valence electrons. The van der Waals surface area contributed by atoms with E-state index in [0.717, 1.165) is 16.3 Å². The predicted octanol–water partition coefficient (Wildman–Crippen LogP) is 3.09. The van der Waals surface area contributed by atoms with Gasteiger partial charge in [0.05, 0.1) is 0 Å². The number of thiocarbonyl (C=S) groups is 1. The molecule has 0 unspecified atom stereocenters. The first kappa shape index (κ1) is 12.3. The molecule has 0 amide bonds. The van der Waals surface area contributed by atoms with Crippen LogP contribution >= 0.6 is 23.8 Å². The largest absolute Gasteiger partial charge is 0.481 e. The molecule has 2 nitrogen and oxygen atoms in total. The van der Waals surface area contributed by atoms with Gasteiger partial charge in [-0.2, -0.15) is 0 Å². The smallest absolute Gasteiger partial charge is 0.153 e. The summed E-state index contributed by atoms with van der Waals surface area (Å²) in [5, 5.41) is 0.718. The number of nitrogens with two attached hydrogens (primary N) is 1. The molecule has 2 N–H and O–H groups in total. The SMILES string of the molecule is Cc1cc(OC(C)(C)C(N)=S)ccc1Cl. The van der Waals surface area contributed by atoms with Crippen LogP contribution in [0.3, 0.4) is 0 Å². The van der Waals surface area contributed by atoms with Gasteiger partial charge in [-0.3, -0.25) is 0 Å². The Morgan fingerprint density at radius 2 is 2.07 bits per heavy atom. The Labute approximate surface area is 100 Å². The van der Waals surface area contributed by atoms with Crippen LogP contribution < -0.4 is 10.5 Å². The molecule has 0 bridgehead atoms. The van der Waals surface area contributed by atoms with Gasteiger partial charge in [0.25, 0.3) is 0 Å². The summed E-state index contributed by atoms with van der Waals surface area (Å²) < 4.78 is 5.67. The molecule has 0 saturated heterocycles. The van der Waals surface area contributed by atoms with Crippen molar-refractivity contribution in [2.75, 3.05) is 0 Å². The fourth-order valence-corrected chi connectivity index (χ4v) is 1.18. The fraction of sp³-hybridized carbons (Fsp3) is 0.364. The molecule has 1 aromatic rings. The zero-order chi connectivity index (χ0) is 11.6. The van der Waals surface area contributed by atoms with E-state index in [2.05, 4.69) is 0 Å². The predicted molar refractivity (Wildman–Crippen MR) is 67.7 cm³/mol. The summed E-state index contributed by atoms with van der Waals surface area (Å²) in [4.78, 5) is 0.329. The Bertz CT molecular complexity index is 390. The fourth-order valence-electron chi connectivity index (χ4n) is 1.03. The zero-order valence-electron chi connectivity index (χ0n) is 9.00. The van der Waals surface area contributed by atoms with E-state index in [0.29, 0.717) is 4.99 Å². The minimum Gasteiger partial charge on any atom is -0.481 e. The van der Waals surface area contributed by atoms with Crippen LogP contribution in [0.2, 0.25) is 5.02 Å². The van der Waals surface area contributed by atoms with Gasteiger partial charge in [-0.25, -0.2) is 0 Å². The Morgan fingerprint density at radius 1 is 1.47 bits per heavy atom. The Morgan fingerprint density at radius 3 is 2.53 bits per heavy atom. The number of aryl methyl sites for hydroxylation is 1. The molecule has 15 heavy (non-hydrogen) atoms. The van der Waals surface area contributed by atoms with E-state index in [9.17, 15) is 0 Å². The molecule has 0 fully saturated rings. The molecule has 0 atom stereocenters. The maximum absolute atomic E-state index is 5.91. The Hall–Kier alpha value is -0.800. The van der Waals surface area contributed by atoms with E-state index in [1.54, 1.807) is 12.1 Å². The number of rotatable bonds is 3. The molecule has 4 heteroatoms. The van der Waals surface area contributed by atoms with Gasteiger partial charge in [0.2, 0.25) is 0 Å². The van der Waals surface area contributed by atoms with Gasteiger partial charge in [0, 0.05) is 5.02 Å². The van der Waals surface area contributed by atoms with Crippen LogP contribution in [0.1, 0.15) is 19.4 Å². The number of halogens is 1. The van der Waals surface area contributed by atoms with E-state index in [1.165, 1.54) is 0 Å². The highest BCUT2D eigenvalue weighted by Gasteiger charge is 2.23. The molecule has 0 spiro atoms. The molecule has 0 aliphatic rings. The summed E-state index contributed by atoms with van der Waals surface area (Å²) in [6.07, 6.45) is 0. The van der Waals surface area contributed by atoms with Crippen LogP contribution in [0, 0.1) is 6.92 Å². The normalized spacial score (nSPS) is 11.2. The topological polar surface area (TPSA) is 35.2 Å². The van der Waals surface area contributed by atoms with Gasteiger partial charge in [-0.15, -0.1) is 0 Å². The summed E-state index contributed by atoms with van der Waals surface area (Å²) in [6, 6.07) is 5.46. The molecule has 0 aliphatic heterocycles. The van der Waals surface area contributed by atoms with Crippen LogP contribution in [0.4, 0.5) is 0 Å². The van der Waals surface area contributed by atoms with Gasteiger partial charge in [-0.1, -0.05) is 23.8 Å². The molecule has 1 aromatic carbocycles. The Kier molecular flexibility index (Phi) is 3.58. The van der Waals surface area contributed by atoms with Crippen molar-refractivity contribution in [1.82, 2.24) is 0 Å². The number of ether oxygens (including phenoxy) is 1. The molecular weight excluding hydrogens is 230 g/mol. The molecule has 0 radical (unpaired) electrons. The summed E-state index contributed by atoms with van der Waals surface area (Å²) in [6.45, 7) is 5.58. The molecule has 0 heterocycles. The van der Waals surface area contributed by atoms with Gasteiger partial charge in [0.1, 0.15) is 10.7 Å². The van der Waals surface area contributed by atoms with Crippen molar-refractivity contribution in [3.8, 4) is 5.75 Å². The highest BCUT2D eigenvalue weighted by molar-refractivity contribution is 7.80. The first-order chi connectivity index (χ1) is 6.83. The van der Waals surface area contributed by atoms with Crippen molar-refractivity contribution in [2.24, 2.45) is 5.73 Å². The van der Waals surface area contributed by atoms with Crippen molar-refractivity contribution < 1.29 is 4.74 Å². The number of hydrogen-bond donors (Lipinski definition) is 1. The number of benzene rings is 1. The van der Waals surface area contributed by atoms with Crippen molar-refractivity contribution >= 4 is 28.8 Å². The third-order valence-electron chi connectivity index (χ3n) is 2.10. The lowest BCUT2D eigenvalue weighted by atomic mass is 10.1. The molecule has 0 aliphatic carbocycles. The average molecular weight is 244 g/mol. The van der Waals surface area contributed by atoms with Crippen LogP contribution in [0.25, 0.3) is 0 Å². The van der Waals surface area contributed by atoms with Crippen LogP contribution in [0.15, 0.2) is 18.2 Å². The molecule has 1 rings (SSSR count). The monoisotopic (exact) mass is 243 g/mol. The first-order valence-electron chi connectivity index (χ1n) is 4.58. The first-order valence-corrected chi connectivity index (χ1v) is 5.36. The third kappa shape index (κ3) is 3.08. The van der Waals surface area contributed by atoms with Gasteiger partial charge < -0.3 is 10.5 Å².